The molecule has 1 amide bonds. The van der Waals surface area contributed by atoms with Crippen LogP contribution >= 0.6 is 0 Å². The Morgan fingerprint density at radius 2 is 1.83 bits per heavy atom. The van der Waals surface area contributed by atoms with Gasteiger partial charge in [0, 0.05) is 0 Å². The monoisotopic (exact) mass is 910 g/mol. The zero-order valence-electron chi connectivity index (χ0n) is 14.8. The van der Waals surface area contributed by atoms with Gasteiger partial charge >= 0.3 is 177 Å². The molecule has 0 saturated carbocycles. The maximum atomic E-state index is 11.8. The molecule has 5 nitrogen and oxygen atoms in total. The molecule has 0 bridgehead atoms. The molecule has 8 heteroatoms. The van der Waals surface area contributed by atoms with Crippen molar-refractivity contribution < 1.29 is 19.4 Å². The molecule has 0 aromatic carbocycles. The Balaban J connectivity index is 0. The normalized spacial score (nSPS) is 16.4. The predicted molar refractivity (Wildman–Crippen MR) is 94.8 cm³/mol. The van der Waals surface area contributed by atoms with Crippen LogP contribution in [0, 0.1) is 0 Å². The quantitative estimate of drug-likeness (QED) is 0.338. The van der Waals surface area contributed by atoms with Crippen molar-refractivity contribution in [2.75, 3.05) is 13.2 Å². The summed E-state index contributed by atoms with van der Waals surface area (Å²) in [6, 6.07) is -0.322. The van der Waals surface area contributed by atoms with Gasteiger partial charge in [-0.3, -0.25) is 0 Å². The van der Waals surface area contributed by atoms with Crippen molar-refractivity contribution in [3.05, 3.63) is 0 Å². The van der Waals surface area contributed by atoms with Crippen molar-refractivity contribution in [3.8, 4) is 0 Å². The van der Waals surface area contributed by atoms with Crippen molar-refractivity contribution in [2.24, 2.45) is 0 Å². The zero-order chi connectivity index (χ0) is 18.6. The Morgan fingerprint density at radius 1 is 1.30 bits per heavy atom. The second-order valence-corrected chi connectivity index (χ2v) is 20.8. The van der Waals surface area contributed by atoms with Crippen LogP contribution in [0.1, 0.15) is 47.5 Å². The van der Waals surface area contributed by atoms with E-state index >= 15 is 0 Å². The van der Waals surface area contributed by atoms with Gasteiger partial charge in [0.05, 0.1) is 0 Å². The molecule has 1 aliphatic heterocycles. The first-order valence-corrected chi connectivity index (χ1v) is 15.1. The van der Waals surface area contributed by atoms with E-state index < -0.39 is 5.60 Å². The summed E-state index contributed by atoms with van der Waals surface area (Å²) in [7, 11) is 0. The van der Waals surface area contributed by atoms with Gasteiger partial charge in [-0.25, -0.2) is 0 Å². The van der Waals surface area contributed by atoms with Crippen LogP contribution in [0.3, 0.4) is 0 Å². The van der Waals surface area contributed by atoms with E-state index in [2.05, 4.69) is 0 Å². The van der Waals surface area contributed by atoms with E-state index in [4.69, 9.17) is 9.84 Å². The third-order valence-corrected chi connectivity index (χ3v) is 5.86. The van der Waals surface area contributed by atoms with Gasteiger partial charge in [-0.2, -0.15) is 0 Å². The Morgan fingerprint density at radius 3 is 2.04 bits per heavy atom. The minimum atomic E-state index is -0.470. The average molecular weight is 908 g/mol. The third kappa shape index (κ3) is 12.6. The minimum absolute atomic E-state index is 0.153. The third-order valence-electron chi connectivity index (χ3n) is 2.56. The molecular weight excluding hydrogens is 880 g/mol. The summed E-state index contributed by atoms with van der Waals surface area (Å²) in [6.45, 7) is 10.6. The van der Waals surface area contributed by atoms with E-state index in [0.29, 0.717) is 13.2 Å². The van der Waals surface area contributed by atoms with Gasteiger partial charge in [-0.05, 0) is 0 Å². The summed E-state index contributed by atoms with van der Waals surface area (Å²) in [5.41, 5.74) is -0.470. The molecule has 1 N–H and O–H groups in total. The second kappa shape index (κ2) is 14.8. The number of carbonyl (C=O) groups is 2. The molecule has 0 spiro atoms. The Kier molecular flexibility index (Phi) is 17.3. The predicted octanol–water partition coefficient (Wildman–Crippen LogP) is 0.994. The van der Waals surface area contributed by atoms with E-state index in [9.17, 15) is 9.59 Å². The molecule has 0 aliphatic carbocycles. The Bertz CT molecular complexity index is 344. The van der Waals surface area contributed by atoms with Crippen LogP contribution in [-0.4, -0.2) is 124 Å². The van der Waals surface area contributed by atoms with Gasteiger partial charge in [-0.1, -0.05) is 13.8 Å². The number of rotatable bonds is 4. The molecule has 0 aromatic rings. The number of nitrogens with zero attached hydrogens (tertiary/aromatic N) is 1. The molecule has 1 atom stereocenters. The SMILES string of the molecule is CC.CC(C)(C)OC(=O)C1CCN1C(=O)[CH]([Pb])[Pb].OCC[CH2][Pb]. The molecule has 9 radical (unpaired) electrons. The standard InChI is InChI=1S/C10H15NO3.C3H7O.C2H6.3Pb/c1-7(12)11-6-5-8(11)9(13)14-10(2,3)4;1-2-3-4;1-2;;;/h1,8H,5-6H2,2-4H3;4H,1-3H2;1-2H3;;;. The number of hydrogen-bond acceptors (Lipinski definition) is 4. The maximum absolute atomic E-state index is 11.8. The fraction of sp³-hybridized carbons (Fsp3) is 0.867. The van der Waals surface area contributed by atoms with Crippen LogP contribution in [0.25, 0.3) is 0 Å². The Labute approximate surface area is 188 Å². The van der Waals surface area contributed by atoms with Crippen molar-refractivity contribution >= 4 is 89.2 Å². The van der Waals surface area contributed by atoms with Gasteiger partial charge in [0.2, 0.25) is 0 Å². The molecule has 23 heavy (non-hydrogen) atoms. The van der Waals surface area contributed by atoms with Crippen LogP contribution in [-0.2, 0) is 14.3 Å². The summed E-state index contributed by atoms with van der Waals surface area (Å²) in [5, 5.41) is 8.09. The topological polar surface area (TPSA) is 66.8 Å². The fourth-order valence-corrected chi connectivity index (χ4v) is 3.41. The molecule has 1 fully saturated rings. The van der Waals surface area contributed by atoms with E-state index in [1.807, 2.05) is 34.6 Å². The van der Waals surface area contributed by atoms with E-state index in [0.717, 1.165) is 64.4 Å². The number of likely N-dealkylation sites (tertiary alicyclic amines) is 1. The zero-order valence-corrected chi connectivity index (χ0v) is 26.5. The van der Waals surface area contributed by atoms with Gasteiger partial charge in [-0.15, -0.1) is 0 Å². The Hall–Kier alpha value is 1.67. The van der Waals surface area contributed by atoms with Gasteiger partial charge in [0.15, 0.2) is 0 Å². The van der Waals surface area contributed by atoms with E-state index in [-0.39, 0.29) is 19.0 Å². The number of hydrogen-bond donors (Lipinski definition) is 1. The number of ether oxygens (including phenoxy) is 1. The van der Waals surface area contributed by atoms with E-state index in [1.54, 1.807) is 4.90 Å². The summed E-state index contributed by atoms with van der Waals surface area (Å²) < 4.78 is 6.74. The van der Waals surface area contributed by atoms with Crippen molar-refractivity contribution in [2.45, 2.75) is 64.1 Å². The molecule has 1 unspecified atom stereocenters. The van der Waals surface area contributed by atoms with Crippen LogP contribution in [0.4, 0.5) is 0 Å². The van der Waals surface area contributed by atoms with Gasteiger partial charge < -0.3 is 0 Å². The summed E-state index contributed by atoms with van der Waals surface area (Å²) in [6.07, 6.45) is 1.75. The molecule has 129 valence electrons. The van der Waals surface area contributed by atoms with Crippen molar-refractivity contribution in [1.82, 2.24) is 4.90 Å². The van der Waals surface area contributed by atoms with Crippen LogP contribution in [0.2, 0.25) is 5.02 Å². The fourth-order valence-electron chi connectivity index (χ4n) is 1.51. The van der Waals surface area contributed by atoms with Crippen LogP contribution < -0.4 is 0 Å². The number of aliphatic hydroxyl groups excluding tert-OH is 1. The van der Waals surface area contributed by atoms with Crippen LogP contribution in [0.15, 0.2) is 0 Å². The van der Waals surface area contributed by atoms with Crippen molar-refractivity contribution in [1.29, 1.82) is 0 Å². The first-order valence-electron chi connectivity index (χ1n) is 7.85. The second-order valence-electron chi connectivity index (χ2n) is 5.63. The van der Waals surface area contributed by atoms with Crippen molar-refractivity contribution in [3.63, 3.8) is 0 Å². The summed E-state index contributed by atoms with van der Waals surface area (Å²) in [5.74, 6) is -0.100. The number of esters is 1. The molecule has 1 aliphatic rings. The number of carbonyl (C=O) groups excluding carboxylic acids is 2. The summed E-state index contributed by atoms with van der Waals surface area (Å²) >= 11 is 3.01. The molecule has 1 saturated heterocycles. The van der Waals surface area contributed by atoms with Gasteiger partial charge in [0.25, 0.3) is 0 Å². The molecule has 1 heterocycles. The van der Waals surface area contributed by atoms with E-state index in [1.165, 1.54) is 29.7 Å². The number of aliphatic hydroxyl groups is 1. The first kappa shape index (κ1) is 26.9. The molecular formula is C15H28NO4Pb3. The first-order chi connectivity index (χ1) is 10.6. The number of amides is 1. The molecule has 1 rings (SSSR count). The summed E-state index contributed by atoms with van der Waals surface area (Å²) in [4.78, 5) is 25.3. The van der Waals surface area contributed by atoms with Gasteiger partial charge in [0.1, 0.15) is 0 Å². The molecule has 0 aromatic heterocycles. The van der Waals surface area contributed by atoms with Crippen LogP contribution in [0.5, 0.6) is 0 Å². The average Bonchev–Trinajstić information content (AvgIpc) is 2.39.